The van der Waals surface area contributed by atoms with Gasteiger partial charge in [0.1, 0.15) is 0 Å². The minimum Gasteiger partial charge on any atom is -0.312 e. The highest BCUT2D eigenvalue weighted by Gasteiger charge is 2.29. The van der Waals surface area contributed by atoms with E-state index in [2.05, 4.69) is 56.2 Å². The van der Waals surface area contributed by atoms with E-state index in [1.54, 1.807) is 0 Å². The Hall–Kier alpha value is -0.860. The molecule has 2 nitrogen and oxygen atoms in total. The van der Waals surface area contributed by atoms with Crippen LogP contribution in [0.25, 0.3) is 0 Å². The van der Waals surface area contributed by atoms with Gasteiger partial charge in [-0.15, -0.1) is 0 Å². The Morgan fingerprint density at radius 3 is 2.56 bits per heavy atom. The molecule has 1 aromatic rings. The zero-order chi connectivity index (χ0) is 13.1. The van der Waals surface area contributed by atoms with E-state index >= 15 is 0 Å². The minimum absolute atomic E-state index is 0.450. The Kier molecular flexibility index (Phi) is 4.41. The largest absolute Gasteiger partial charge is 0.312 e. The maximum atomic E-state index is 3.48. The number of aryl methyl sites for hydroxylation is 2. The summed E-state index contributed by atoms with van der Waals surface area (Å²) in [6.45, 7) is 8.94. The molecule has 0 aliphatic heterocycles. The molecular formula is C16H26N2. The zero-order valence-electron chi connectivity index (χ0n) is 12.2. The molecule has 1 saturated carbocycles. The van der Waals surface area contributed by atoms with Crippen molar-refractivity contribution in [3.05, 3.63) is 34.9 Å². The number of rotatable bonds is 6. The summed E-state index contributed by atoms with van der Waals surface area (Å²) in [5.74, 6) is 0. The molecule has 1 aromatic carbocycles. The van der Waals surface area contributed by atoms with Gasteiger partial charge >= 0.3 is 0 Å². The number of benzene rings is 1. The van der Waals surface area contributed by atoms with Crippen LogP contribution in [0.5, 0.6) is 0 Å². The molecule has 2 heteroatoms. The molecule has 100 valence electrons. The second kappa shape index (κ2) is 5.85. The summed E-state index contributed by atoms with van der Waals surface area (Å²) in [7, 11) is 2.07. The minimum atomic E-state index is 0.450. The lowest BCUT2D eigenvalue weighted by atomic mass is 9.99. The van der Waals surface area contributed by atoms with Gasteiger partial charge in [0, 0.05) is 18.6 Å². The normalized spacial score (nSPS) is 17.2. The Balaban J connectivity index is 2.11. The second-order valence-corrected chi connectivity index (χ2v) is 5.52. The van der Waals surface area contributed by atoms with Crippen LogP contribution in [-0.2, 0) is 0 Å². The van der Waals surface area contributed by atoms with Crippen molar-refractivity contribution in [2.24, 2.45) is 0 Å². The van der Waals surface area contributed by atoms with E-state index in [1.807, 2.05) is 0 Å². The van der Waals surface area contributed by atoms with Crippen LogP contribution in [0.15, 0.2) is 18.2 Å². The third-order valence-electron chi connectivity index (χ3n) is 4.04. The van der Waals surface area contributed by atoms with Gasteiger partial charge in [0.15, 0.2) is 0 Å². The maximum Gasteiger partial charge on any atom is 0.0449 e. The molecular weight excluding hydrogens is 220 g/mol. The molecule has 1 fully saturated rings. The van der Waals surface area contributed by atoms with Crippen molar-refractivity contribution in [2.45, 2.75) is 45.7 Å². The third-order valence-corrected chi connectivity index (χ3v) is 4.04. The van der Waals surface area contributed by atoms with E-state index in [-0.39, 0.29) is 0 Å². The van der Waals surface area contributed by atoms with Crippen molar-refractivity contribution in [1.29, 1.82) is 0 Å². The SMILES string of the molecule is CCN(CC(NC)c1ccc(C)cc1C)C1CC1. The lowest BCUT2D eigenvalue weighted by molar-refractivity contribution is 0.248. The molecule has 1 N–H and O–H groups in total. The van der Waals surface area contributed by atoms with Crippen molar-refractivity contribution in [1.82, 2.24) is 10.2 Å². The number of hydrogen-bond acceptors (Lipinski definition) is 2. The zero-order valence-corrected chi connectivity index (χ0v) is 12.2. The Bertz CT molecular complexity index is 396. The number of likely N-dealkylation sites (N-methyl/N-ethyl adjacent to an activating group) is 2. The molecule has 0 bridgehead atoms. The van der Waals surface area contributed by atoms with Gasteiger partial charge in [-0.2, -0.15) is 0 Å². The summed E-state index contributed by atoms with van der Waals surface area (Å²) < 4.78 is 0. The summed E-state index contributed by atoms with van der Waals surface area (Å²) in [6.07, 6.45) is 2.77. The summed E-state index contributed by atoms with van der Waals surface area (Å²) >= 11 is 0. The molecule has 0 spiro atoms. The third kappa shape index (κ3) is 3.12. The molecule has 1 aliphatic rings. The van der Waals surface area contributed by atoms with Crippen molar-refractivity contribution >= 4 is 0 Å². The van der Waals surface area contributed by atoms with Crippen LogP contribution in [-0.4, -0.2) is 31.1 Å². The molecule has 0 aromatic heterocycles. The fourth-order valence-corrected chi connectivity index (χ4v) is 2.77. The van der Waals surface area contributed by atoms with Crippen LogP contribution >= 0.6 is 0 Å². The first-order valence-electron chi connectivity index (χ1n) is 7.14. The Morgan fingerprint density at radius 2 is 2.06 bits per heavy atom. The van der Waals surface area contributed by atoms with Crippen LogP contribution in [0, 0.1) is 13.8 Å². The van der Waals surface area contributed by atoms with Gasteiger partial charge < -0.3 is 5.32 Å². The number of hydrogen-bond donors (Lipinski definition) is 1. The summed E-state index contributed by atoms with van der Waals surface area (Å²) in [5.41, 5.74) is 4.20. The van der Waals surface area contributed by atoms with Gasteiger partial charge in [-0.3, -0.25) is 4.90 Å². The standard InChI is InChI=1S/C16H26N2/c1-5-18(14-7-8-14)11-16(17-4)15-9-6-12(2)10-13(15)3/h6,9-10,14,16-17H,5,7-8,11H2,1-4H3. The van der Waals surface area contributed by atoms with Crippen molar-refractivity contribution < 1.29 is 0 Å². The highest BCUT2D eigenvalue weighted by Crippen LogP contribution is 2.29. The molecule has 0 amide bonds. The quantitative estimate of drug-likeness (QED) is 0.830. The van der Waals surface area contributed by atoms with Crippen molar-refractivity contribution in [3.8, 4) is 0 Å². The molecule has 0 saturated heterocycles. The van der Waals surface area contributed by atoms with Crippen LogP contribution in [0.4, 0.5) is 0 Å². The van der Waals surface area contributed by atoms with E-state index < -0.39 is 0 Å². The van der Waals surface area contributed by atoms with Crippen molar-refractivity contribution in [3.63, 3.8) is 0 Å². The van der Waals surface area contributed by atoms with Crippen molar-refractivity contribution in [2.75, 3.05) is 20.1 Å². The van der Waals surface area contributed by atoms with E-state index in [9.17, 15) is 0 Å². The Labute approximate surface area is 111 Å². The Morgan fingerprint density at radius 1 is 1.33 bits per heavy atom. The van der Waals surface area contributed by atoms with E-state index in [4.69, 9.17) is 0 Å². The highest BCUT2D eigenvalue weighted by atomic mass is 15.2. The van der Waals surface area contributed by atoms with E-state index in [0.29, 0.717) is 6.04 Å². The molecule has 1 aliphatic carbocycles. The average Bonchev–Trinajstić information content (AvgIpc) is 3.16. The molecule has 1 atom stereocenters. The fourth-order valence-electron chi connectivity index (χ4n) is 2.77. The lowest BCUT2D eigenvalue weighted by Gasteiger charge is -2.27. The summed E-state index contributed by atoms with van der Waals surface area (Å²) in [6, 6.07) is 8.09. The smallest absolute Gasteiger partial charge is 0.0449 e. The lowest BCUT2D eigenvalue weighted by Crippen LogP contribution is -2.35. The molecule has 0 heterocycles. The average molecular weight is 246 g/mol. The van der Waals surface area contributed by atoms with Gasteiger partial charge in [-0.05, 0) is 51.4 Å². The summed E-state index contributed by atoms with van der Waals surface area (Å²) in [4.78, 5) is 2.61. The van der Waals surface area contributed by atoms with Crippen LogP contribution in [0.3, 0.4) is 0 Å². The topological polar surface area (TPSA) is 15.3 Å². The fraction of sp³-hybridized carbons (Fsp3) is 0.625. The van der Waals surface area contributed by atoms with Crippen LogP contribution < -0.4 is 5.32 Å². The summed E-state index contributed by atoms with van der Waals surface area (Å²) in [5, 5.41) is 3.48. The van der Waals surface area contributed by atoms with Gasteiger partial charge in [0.2, 0.25) is 0 Å². The van der Waals surface area contributed by atoms with E-state index in [0.717, 1.165) is 19.1 Å². The monoisotopic (exact) mass is 246 g/mol. The maximum absolute atomic E-state index is 3.48. The predicted molar refractivity (Wildman–Crippen MR) is 78.0 cm³/mol. The first-order valence-corrected chi connectivity index (χ1v) is 7.14. The molecule has 2 rings (SSSR count). The van der Waals surface area contributed by atoms with Crippen LogP contribution in [0.2, 0.25) is 0 Å². The first kappa shape index (κ1) is 13.6. The van der Waals surface area contributed by atoms with Gasteiger partial charge in [0.05, 0.1) is 0 Å². The molecule has 18 heavy (non-hydrogen) atoms. The van der Waals surface area contributed by atoms with Gasteiger partial charge in [-0.25, -0.2) is 0 Å². The van der Waals surface area contributed by atoms with E-state index in [1.165, 1.54) is 29.5 Å². The molecule has 1 unspecified atom stereocenters. The van der Waals surface area contributed by atoms with Gasteiger partial charge in [0.25, 0.3) is 0 Å². The number of nitrogens with zero attached hydrogens (tertiary/aromatic N) is 1. The van der Waals surface area contributed by atoms with Gasteiger partial charge in [-0.1, -0.05) is 30.7 Å². The predicted octanol–water partition coefficient (Wildman–Crippen LogP) is 3.05. The second-order valence-electron chi connectivity index (χ2n) is 5.52. The number of nitrogens with one attached hydrogen (secondary N) is 1. The first-order chi connectivity index (χ1) is 8.65. The highest BCUT2D eigenvalue weighted by molar-refractivity contribution is 5.33. The molecule has 0 radical (unpaired) electrons. The van der Waals surface area contributed by atoms with Crippen LogP contribution in [0.1, 0.15) is 42.5 Å².